The Labute approximate surface area is 129 Å². The largest absolute Gasteiger partial charge is 0.398 e. The van der Waals surface area contributed by atoms with Gasteiger partial charge in [-0.1, -0.05) is 23.2 Å². The monoisotopic (exact) mass is 332 g/mol. The van der Waals surface area contributed by atoms with E-state index in [9.17, 15) is 4.79 Å². The molecule has 0 saturated heterocycles. The molecule has 2 aromatic rings. The molecule has 0 saturated carbocycles. The molecule has 0 atom stereocenters. The molecule has 5 nitrogen and oxygen atoms in total. The Morgan fingerprint density at radius 1 is 1.40 bits per heavy atom. The molecular weight excluding hydrogens is 323 g/mol. The smallest absolute Gasteiger partial charge is 0.225 e. The highest BCUT2D eigenvalue weighted by molar-refractivity contribution is 7.90. The predicted molar refractivity (Wildman–Crippen MR) is 80.2 cm³/mol. The van der Waals surface area contributed by atoms with Crippen molar-refractivity contribution in [3.8, 4) is 17.0 Å². The zero-order chi connectivity index (χ0) is 14.5. The van der Waals surface area contributed by atoms with Gasteiger partial charge in [-0.2, -0.15) is 0 Å². The molecule has 0 amide bonds. The van der Waals surface area contributed by atoms with E-state index < -0.39 is 0 Å². The van der Waals surface area contributed by atoms with E-state index in [0.717, 1.165) is 12.3 Å². The summed E-state index contributed by atoms with van der Waals surface area (Å²) < 4.78 is 10.4. The lowest BCUT2D eigenvalue weighted by molar-refractivity contribution is 0.369. The van der Waals surface area contributed by atoms with E-state index in [1.54, 1.807) is 6.07 Å². The van der Waals surface area contributed by atoms with Crippen LogP contribution in [0.4, 0.5) is 0 Å². The zero-order valence-corrected chi connectivity index (χ0v) is 12.7. The van der Waals surface area contributed by atoms with Gasteiger partial charge in [0.25, 0.3) is 0 Å². The van der Waals surface area contributed by atoms with Gasteiger partial charge in [0.05, 0.1) is 17.2 Å². The summed E-state index contributed by atoms with van der Waals surface area (Å²) >= 11 is 12.4. The van der Waals surface area contributed by atoms with Gasteiger partial charge in [0.1, 0.15) is 10.8 Å². The molecule has 106 valence electrons. The minimum atomic E-state index is -0.269. The molecule has 8 heteroatoms. The van der Waals surface area contributed by atoms with Crippen LogP contribution in [0.1, 0.15) is 6.92 Å². The summed E-state index contributed by atoms with van der Waals surface area (Å²) in [6.07, 6.45) is 2.91. The number of hydrogen-bond donors (Lipinski definition) is 1. The molecule has 0 aliphatic rings. The van der Waals surface area contributed by atoms with Gasteiger partial charge in [-0.15, -0.1) is 0 Å². The lowest BCUT2D eigenvalue weighted by Crippen LogP contribution is -2.06. The first-order chi connectivity index (χ1) is 9.61. The highest BCUT2D eigenvalue weighted by atomic mass is 35.5. The van der Waals surface area contributed by atoms with Gasteiger partial charge in [-0.3, -0.25) is 14.0 Å². The topological polar surface area (TPSA) is 64.2 Å². The number of hydrogen-bond acceptors (Lipinski definition) is 5. The summed E-state index contributed by atoms with van der Waals surface area (Å²) in [5, 5.41) is 0.644. The number of pyridine rings is 2. The average molecular weight is 333 g/mol. The Kier molecular flexibility index (Phi) is 5.31. The molecule has 0 radical (unpaired) electrons. The molecule has 0 fully saturated rings. The molecule has 1 N–H and O–H groups in total. The lowest BCUT2D eigenvalue weighted by atomic mass is 10.1. The summed E-state index contributed by atoms with van der Waals surface area (Å²) in [7, 11) is 0. The van der Waals surface area contributed by atoms with Crippen molar-refractivity contribution < 1.29 is 8.37 Å². The number of H-pyrrole nitrogens is 1. The fourth-order valence-corrected chi connectivity index (χ4v) is 2.07. The van der Waals surface area contributed by atoms with Crippen LogP contribution in [0.3, 0.4) is 0 Å². The van der Waals surface area contributed by atoms with Gasteiger partial charge in [-0.05, 0) is 6.92 Å². The number of nitrogens with one attached hydrogen (secondary N) is 1. The van der Waals surface area contributed by atoms with Gasteiger partial charge in [-0.25, -0.2) is 0 Å². The van der Waals surface area contributed by atoms with Crippen molar-refractivity contribution in [2.75, 3.05) is 6.61 Å². The summed E-state index contributed by atoms with van der Waals surface area (Å²) in [6.45, 7) is 2.31. The molecular formula is C12H10Cl2N2O3S. The van der Waals surface area contributed by atoms with Crippen molar-refractivity contribution in [2.24, 2.45) is 0 Å². The highest BCUT2D eigenvalue weighted by Gasteiger charge is 2.13. The highest BCUT2D eigenvalue weighted by Crippen LogP contribution is 2.30. The van der Waals surface area contributed by atoms with E-state index in [2.05, 4.69) is 9.97 Å². The second-order valence-electron chi connectivity index (χ2n) is 3.62. The van der Waals surface area contributed by atoms with E-state index in [1.165, 1.54) is 18.5 Å². The Bertz CT molecular complexity index is 663. The first-order valence-electron chi connectivity index (χ1n) is 5.62. The van der Waals surface area contributed by atoms with Gasteiger partial charge in [0.2, 0.25) is 12.3 Å². The molecule has 0 bridgehead atoms. The van der Waals surface area contributed by atoms with Crippen LogP contribution in [0.5, 0.6) is 5.75 Å². The van der Waals surface area contributed by atoms with E-state index in [4.69, 9.17) is 31.6 Å². The van der Waals surface area contributed by atoms with Gasteiger partial charge >= 0.3 is 0 Å². The molecule has 2 heterocycles. The molecule has 0 spiro atoms. The van der Waals surface area contributed by atoms with Crippen LogP contribution in [0.25, 0.3) is 11.3 Å². The van der Waals surface area contributed by atoms with Crippen molar-refractivity contribution in [1.29, 1.82) is 0 Å². The minimum absolute atomic E-state index is 0.249. The second-order valence-corrected chi connectivity index (χ2v) is 5.00. The number of nitrogens with zero attached hydrogens (tertiary/aromatic N) is 1. The first-order valence-corrected chi connectivity index (χ1v) is 7.04. The number of aromatic amines is 1. The number of halogens is 2. The van der Waals surface area contributed by atoms with Crippen LogP contribution in [0.15, 0.2) is 29.3 Å². The Hall–Kier alpha value is -1.21. The van der Waals surface area contributed by atoms with E-state index >= 15 is 0 Å². The predicted octanol–water partition coefficient (Wildman–Crippen LogP) is 3.72. The van der Waals surface area contributed by atoms with Crippen LogP contribution in [-0.4, -0.2) is 16.6 Å². The molecule has 2 aromatic heterocycles. The van der Waals surface area contributed by atoms with Crippen LogP contribution >= 0.6 is 35.5 Å². The summed E-state index contributed by atoms with van der Waals surface area (Å²) in [5.41, 5.74) is 0.424. The van der Waals surface area contributed by atoms with Gasteiger partial charge in [0.15, 0.2) is 11.2 Å². The fourth-order valence-electron chi connectivity index (χ4n) is 1.43. The quantitative estimate of drug-likeness (QED) is 0.513. The Morgan fingerprint density at radius 3 is 2.90 bits per heavy atom. The lowest BCUT2D eigenvalue weighted by Gasteiger charge is -2.08. The maximum atomic E-state index is 11.9. The summed E-state index contributed by atoms with van der Waals surface area (Å²) in [6, 6.07) is 2.83. The van der Waals surface area contributed by atoms with Crippen molar-refractivity contribution >= 4 is 35.5 Å². The number of aromatic nitrogens is 2. The van der Waals surface area contributed by atoms with Crippen molar-refractivity contribution in [2.45, 2.75) is 6.92 Å². The van der Waals surface area contributed by atoms with Gasteiger partial charge in [0, 0.05) is 24.5 Å². The van der Waals surface area contributed by atoms with Crippen LogP contribution in [0.2, 0.25) is 10.2 Å². The third kappa shape index (κ3) is 3.67. The maximum Gasteiger partial charge on any atom is 0.225 e. The van der Waals surface area contributed by atoms with Crippen molar-refractivity contribution in [1.82, 2.24) is 9.97 Å². The first kappa shape index (κ1) is 15.2. The fraction of sp³-hybridized carbons (Fsp3) is 0.167. The average Bonchev–Trinajstić information content (AvgIpc) is 2.40. The molecule has 0 aliphatic carbocycles. The van der Waals surface area contributed by atoms with E-state index in [-0.39, 0.29) is 10.6 Å². The molecule has 20 heavy (non-hydrogen) atoms. The third-order valence-corrected chi connectivity index (χ3v) is 3.25. The molecule has 2 rings (SSSR count). The van der Waals surface area contributed by atoms with Crippen LogP contribution < -0.4 is 9.61 Å². The number of rotatable bonds is 5. The van der Waals surface area contributed by atoms with Crippen LogP contribution in [-0.2, 0) is 4.18 Å². The Morgan fingerprint density at radius 2 is 2.20 bits per heavy atom. The normalized spacial score (nSPS) is 10.6. The summed E-state index contributed by atoms with van der Waals surface area (Å²) in [5.74, 6) is 0.337. The standard InChI is InChI=1S/C12H10Cl2N2O3S/c1-2-18-20-19-10-3-7(13)5-16-12(10)8-6-15-11(14)4-9(8)17/h3-6H,2H2,1H3,(H,15,17). The maximum absolute atomic E-state index is 11.9. The third-order valence-electron chi connectivity index (χ3n) is 2.24. The molecule has 0 aliphatic heterocycles. The Balaban J connectivity index is 2.42. The van der Waals surface area contributed by atoms with Crippen LogP contribution in [0, 0.1) is 0 Å². The second kappa shape index (κ2) is 6.99. The van der Waals surface area contributed by atoms with Crippen molar-refractivity contribution in [3.05, 3.63) is 44.9 Å². The minimum Gasteiger partial charge on any atom is -0.398 e. The van der Waals surface area contributed by atoms with Gasteiger partial charge < -0.3 is 9.17 Å². The zero-order valence-electron chi connectivity index (χ0n) is 10.4. The van der Waals surface area contributed by atoms with E-state index in [1.807, 2.05) is 6.92 Å². The summed E-state index contributed by atoms with van der Waals surface area (Å²) in [4.78, 5) is 18.8. The molecule has 0 aromatic carbocycles. The van der Waals surface area contributed by atoms with Crippen molar-refractivity contribution in [3.63, 3.8) is 0 Å². The molecule has 0 unspecified atom stereocenters. The van der Waals surface area contributed by atoms with E-state index in [0.29, 0.717) is 28.6 Å². The SMILES string of the molecule is CCOSOc1cc(Cl)cnc1-c1c[nH]c(Cl)cc1=O.